The van der Waals surface area contributed by atoms with Crippen LogP contribution in [0.4, 0.5) is 10.2 Å². The van der Waals surface area contributed by atoms with Gasteiger partial charge in [0.2, 0.25) is 0 Å². The third kappa shape index (κ3) is 2.96. The van der Waals surface area contributed by atoms with Gasteiger partial charge in [0.1, 0.15) is 17.3 Å². The van der Waals surface area contributed by atoms with E-state index in [1.165, 1.54) is 12.3 Å². The third-order valence-electron chi connectivity index (χ3n) is 4.03. The van der Waals surface area contributed by atoms with Crippen molar-refractivity contribution in [2.75, 3.05) is 5.32 Å². The molecule has 4 rings (SSSR count). The predicted octanol–water partition coefficient (Wildman–Crippen LogP) is 3.76. The number of anilines is 1. The number of nitrogens with zero attached hydrogens (tertiary/aromatic N) is 4. The number of aromatic nitrogens is 5. The average molecular weight is 336 g/mol. The molecule has 0 saturated carbocycles. The largest absolute Gasteiger partial charge is 0.362 e. The Morgan fingerprint density at radius 3 is 2.80 bits per heavy atom. The van der Waals surface area contributed by atoms with Gasteiger partial charge < -0.3 is 5.32 Å². The second kappa shape index (κ2) is 6.01. The number of halogens is 1. The fourth-order valence-electron chi connectivity index (χ4n) is 2.74. The molecule has 2 N–H and O–H groups in total. The van der Waals surface area contributed by atoms with Gasteiger partial charge in [0.15, 0.2) is 5.82 Å². The Bertz CT molecular complexity index is 1020. The third-order valence-corrected chi connectivity index (χ3v) is 4.03. The minimum atomic E-state index is -0.345. The molecule has 4 aromatic heterocycles. The highest BCUT2D eigenvalue weighted by molar-refractivity contribution is 5.79. The first-order valence-electron chi connectivity index (χ1n) is 7.98. The van der Waals surface area contributed by atoms with E-state index in [2.05, 4.69) is 20.5 Å². The molecule has 0 amide bonds. The molecule has 0 aliphatic rings. The zero-order valence-corrected chi connectivity index (χ0v) is 13.9. The number of hydrogen-bond acceptors (Lipinski definition) is 4. The van der Waals surface area contributed by atoms with Crippen LogP contribution in [0.25, 0.3) is 16.9 Å². The normalized spacial score (nSPS) is 12.4. The Morgan fingerprint density at radius 1 is 1.20 bits per heavy atom. The van der Waals surface area contributed by atoms with Crippen molar-refractivity contribution in [2.24, 2.45) is 0 Å². The maximum absolute atomic E-state index is 13.0. The fourth-order valence-corrected chi connectivity index (χ4v) is 2.74. The van der Waals surface area contributed by atoms with E-state index in [-0.39, 0.29) is 11.9 Å². The number of aryl methyl sites for hydroxylation is 1. The van der Waals surface area contributed by atoms with Crippen LogP contribution in [0.1, 0.15) is 24.4 Å². The van der Waals surface area contributed by atoms with Gasteiger partial charge in [-0.3, -0.25) is 14.6 Å². The molecule has 25 heavy (non-hydrogen) atoms. The summed E-state index contributed by atoms with van der Waals surface area (Å²) in [6, 6.07) is 10.9. The van der Waals surface area contributed by atoms with Crippen LogP contribution in [-0.2, 0) is 0 Å². The summed E-state index contributed by atoms with van der Waals surface area (Å²) >= 11 is 0. The van der Waals surface area contributed by atoms with Crippen LogP contribution in [0, 0.1) is 12.7 Å². The number of nitrogens with one attached hydrogen (secondary N) is 2. The first-order valence-corrected chi connectivity index (χ1v) is 7.98. The molecule has 6 nitrogen and oxygen atoms in total. The number of fused-ring (bicyclic) bond motifs is 1. The van der Waals surface area contributed by atoms with Crippen LogP contribution < -0.4 is 5.32 Å². The molecule has 1 atom stereocenters. The summed E-state index contributed by atoms with van der Waals surface area (Å²) < 4.78 is 15.0. The zero-order valence-electron chi connectivity index (χ0n) is 13.9. The molecule has 126 valence electrons. The van der Waals surface area contributed by atoms with E-state index in [9.17, 15) is 4.39 Å². The maximum Gasteiger partial charge on any atom is 0.160 e. The van der Waals surface area contributed by atoms with Crippen LogP contribution in [0.2, 0.25) is 0 Å². The Morgan fingerprint density at radius 2 is 2.08 bits per heavy atom. The quantitative estimate of drug-likeness (QED) is 0.595. The Labute approximate surface area is 143 Å². The Balaban J connectivity index is 1.65. The summed E-state index contributed by atoms with van der Waals surface area (Å²) in [7, 11) is 0. The van der Waals surface area contributed by atoms with Gasteiger partial charge in [-0.05, 0) is 44.2 Å². The molecule has 0 radical (unpaired) electrons. The van der Waals surface area contributed by atoms with Crippen LogP contribution >= 0.6 is 0 Å². The van der Waals surface area contributed by atoms with Crippen molar-refractivity contribution >= 4 is 16.9 Å². The lowest BCUT2D eigenvalue weighted by molar-refractivity contribution is 0.617. The van der Waals surface area contributed by atoms with Crippen molar-refractivity contribution < 1.29 is 4.39 Å². The lowest BCUT2D eigenvalue weighted by Crippen LogP contribution is -2.10. The second-order valence-electron chi connectivity index (χ2n) is 5.97. The number of pyridine rings is 2. The molecule has 0 aliphatic heterocycles. The molecule has 7 heteroatoms. The summed E-state index contributed by atoms with van der Waals surface area (Å²) in [5, 5.41) is 11.6. The fraction of sp³-hybridized carbons (Fsp3) is 0.167. The van der Waals surface area contributed by atoms with Gasteiger partial charge in [0, 0.05) is 23.3 Å². The van der Waals surface area contributed by atoms with Crippen molar-refractivity contribution in [1.82, 2.24) is 24.7 Å². The molecular formula is C18H17FN6. The van der Waals surface area contributed by atoms with Crippen LogP contribution in [0.3, 0.4) is 0 Å². The monoisotopic (exact) mass is 336 g/mol. The molecular weight excluding hydrogens is 319 g/mol. The van der Waals surface area contributed by atoms with Crippen molar-refractivity contribution in [3.8, 4) is 5.82 Å². The molecule has 0 fully saturated rings. The van der Waals surface area contributed by atoms with Gasteiger partial charge in [0.25, 0.3) is 0 Å². The maximum atomic E-state index is 13.0. The van der Waals surface area contributed by atoms with E-state index in [1.807, 2.05) is 48.9 Å². The lowest BCUT2D eigenvalue weighted by Gasteiger charge is -2.14. The highest BCUT2D eigenvalue weighted by Gasteiger charge is 2.11. The van der Waals surface area contributed by atoms with E-state index in [4.69, 9.17) is 4.98 Å². The SMILES string of the molecule is Cc1cc(-n2ccc3ccc(N[C@@H](C)c4ccc(F)cn4)nc32)n[nH]1. The molecule has 4 aromatic rings. The number of aromatic amines is 1. The van der Waals surface area contributed by atoms with E-state index < -0.39 is 0 Å². The van der Waals surface area contributed by atoms with E-state index in [0.29, 0.717) is 0 Å². The first-order chi connectivity index (χ1) is 12.1. The van der Waals surface area contributed by atoms with Crippen molar-refractivity contribution in [3.05, 3.63) is 66.0 Å². The smallest absolute Gasteiger partial charge is 0.160 e. The minimum absolute atomic E-state index is 0.0957. The number of hydrogen-bond donors (Lipinski definition) is 2. The second-order valence-corrected chi connectivity index (χ2v) is 5.97. The molecule has 0 aromatic carbocycles. The highest BCUT2D eigenvalue weighted by atomic mass is 19.1. The molecule has 0 unspecified atom stereocenters. The number of H-pyrrole nitrogens is 1. The molecule has 4 heterocycles. The van der Waals surface area contributed by atoms with Gasteiger partial charge in [-0.25, -0.2) is 9.37 Å². The minimum Gasteiger partial charge on any atom is -0.362 e. The standard InChI is InChI=1S/C18H17FN6/c1-11-9-17(24-23-11)25-8-7-13-3-6-16(22-18(13)25)21-12(2)15-5-4-14(19)10-20-15/h3-10,12H,1-2H3,(H,21,22)(H,23,24)/t12-/m0/s1. The summed E-state index contributed by atoms with van der Waals surface area (Å²) in [6.45, 7) is 3.92. The molecule has 0 aliphatic carbocycles. The zero-order chi connectivity index (χ0) is 17.4. The highest BCUT2D eigenvalue weighted by Crippen LogP contribution is 2.22. The van der Waals surface area contributed by atoms with E-state index >= 15 is 0 Å². The topological polar surface area (TPSA) is 71.4 Å². The van der Waals surface area contributed by atoms with Crippen LogP contribution in [0.15, 0.2) is 48.8 Å². The van der Waals surface area contributed by atoms with Crippen LogP contribution in [0.5, 0.6) is 0 Å². The van der Waals surface area contributed by atoms with Gasteiger partial charge in [-0.1, -0.05) is 0 Å². The summed E-state index contributed by atoms with van der Waals surface area (Å²) in [5.74, 6) is 1.17. The first kappa shape index (κ1) is 15.3. The summed E-state index contributed by atoms with van der Waals surface area (Å²) in [4.78, 5) is 8.81. The molecule has 0 bridgehead atoms. The van der Waals surface area contributed by atoms with Gasteiger partial charge >= 0.3 is 0 Å². The van der Waals surface area contributed by atoms with E-state index in [1.54, 1.807) is 6.07 Å². The lowest BCUT2D eigenvalue weighted by atomic mass is 10.2. The van der Waals surface area contributed by atoms with Crippen molar-refractivity contribution in [2.45, 2.75) is 19.9 Å². The average Bonchev–Trinajstić information content (AvgIpc) is 3.21. The summed E-state index contributed by atoms with van der Waals surface area (Å²) in [5.41, 5.74) is 2.56. The van der Waals surface area contributed by atoms with Crippen molar-refractivity contribution in [3.63, 3.8) is 0 Å². The Kier molecular flexibility index (Phi) is 3.68. The molecule has 0 saturated heterocycles. The summed E-state index contributed by atoms with van der Waals surface area (Å²) in [6.07, 6.45) is 3.16. The van der Waals surface area contributed by atoms with Gasteiger partial charge in [0.05, 0.1) is 17.9 Å². The predicted molar refractivity (Wildman–Crippen MR) is 94.2 cm³/mol. The van der Waals surface area contributed by atoms with E-state index in [0.717, 1.165) is 34.1 Å². The van der Waals surface area contributed by atoms with Crippen molar-refractivity contribution in [1.29, 1.82) is 0 Å². The van der Waals surface area contributed by atoms with Gasteiger partial charge in [-0.15, -0.1) is 0 Å². The van der Waals surface area contributed by atoms with Gasteiger partial charge in [-0.2, -0.15) is 5.10 Å². The molecule has 0 spiro atoms. The van der Waals surface area contributed by atoms with Crippen LogP contribution in [-0.4, -0.2) is 24.7 Å². The Hall–Kier alpha value is -3.22. The number of rotatable bonds is 4.